The van der Waals surface area contributed by atoms with Gasteiger partial charge in [0.05, 0.1) is 19.7 Å². The van der Waals surface area contributed by atoms with Crippen LogP contribution in [0.15, 0.2) is 24.3 Å². The third-order valence-corrected chi connectivity index (χ3v) is 4.48. The molecule has 5 nitrogen and oxygen atoms in total. The van der Waals surface area contributed by atoms with Crippen LogP contribution in [0.25, 0.3) is 0 Å². The van der Waals surface area contributed by atoms with Crippen molar-refractivity contribution in [3.63, 3.8) is 0 Å². The Hall–Kier alpha value is -1.14. The zero-order chi connectivity index (χ0) is 15.4. The summed E-state index contributed by atoms with van der Waals surface area (Å²) in [7, 11) is 0. The maximum atomic E-state index is 12.5. The van der Waals surface area contributed by atoms with E-state index >= 15 is 0 Å². The molecule has 0 aromatic heterocycles. The van der Waals surface area contributed by atoms with Gasteiger partial charge in [-0.05, 0) is 17.7 Å². The average molecular weight is 324 g/mol. The van der Waals surface area contributed by atoms with Gasteiger partial charge in [0.25, 0.3) is 0 Å². The van der Waals surface area contributed by atoms with Crippen molar-refractivity contribution in [3.8, 4) is 0 Å². The predicted octanol–water partition coefficient (Wildman–Crippen LogP) is 1.15. The van der Waals surface area contributed by atoms with Gasteiger partial charge in [-0.3, -0.25) is 9.69 Å². The van der Waals surface area contributed by atoms with Crippen LogP contribution < -0.4 is 5.32 Å². The Morgan fingerprint density at radius 1 is 1.23 bits per heavy atom. The molecule has 2 saturated heterocycles. The minimum absolute atomic E-state index is 0.0574. The number of ether oxygens (including phenoxy) is 1. The molecule has 1 aromatic carbocycles. The quantitative estimate of drug-likeness (QED) is 0.906. The van der Waals surface area contributed by atoms with Gasteiger partial charge in [0.2, 0.25) is 5.91 Å². The SMILES string of the molecule is O=C(CN1CCNCC1)N1CCO[C@H](c2ccc(Cl)cc2)C1. The van der Waals surface area contributed by atoms with Crippen molar-refractivity contribution in [2.75, 3.05) is 52.4 Å². The number of nitrogens with zero attached hydrogens (tertiary/aromatic N) is 2. The molecule has 1 amide bonds. The van der Waals surface area contributed by atoms with Crippen molar-refractivity contribution in [2.24, 2.45) is 0 Å². The van der Waals surface area contributed by atoms with E-state index < -0.39 is 0 Å². The minimum atomic E-state index is -0.0574. The van der Waals surface area contributed by atoms with Gasteiger partial charge >= 0.3 is 0 Å². The largest absolute Gasteiger partial charge is 0.370 e. The van der Waals surface area contributed by atoms with E-state index in [2.05, 4.69) is 10.2 Å². The summed E-state index contributed by atoms with van der Waals surface area (Å²) in [6, 6.07) is 7.66. The van der Waals surface area contributed by atoms with E-state index in [1.165, 1.54) is 0 Å². The topological polar surface area (TPSA) is 44.8 Å². The number of hydrogen-bond donors (Lipinski definition) is 1. The summed E-state index contributed by atoms with van der Waals surface area (Å²) in [6.07, 6.45) is -0.0574. The first-order valence-electron chi connectivity index (χ1n) is 7.80. The Morgan fingerprint density at radius 3 is 2.68 bits per heavy atom. The van der Waals surface area contributed by atoms with Crippen LogP contribution in [0.3, 0.4) is 0 Å². The summed E-state index contributed by atoms with van der Waals surface area (Å²) >= 11 is 5.92. The number of hydrogen-bond acceptors (Lipinski definition) is 4. The lowest BCUT2D eigenvalue weighted by Crippen LogP contribution is -2.50. The van der Waals surface area contributed by atoms with E-state index in [0.29, 0.717) is 31.3 Å². The number of carbonyl (C=O) groups is 1. The van der Waals surface area contributed by atoms with Crippen LogP contribution >= 0.6 is 11.6 Å². The average Bonchev–Trinajstić information content (AvgIpc) is 2.56. The summed E-state index contributed by atoms with van der Waals surface area (Å²) in [5, 5.41) is 4.02. The monoisotopic (exact) mass is 323 g/mol. The Morgan fingerprint density at radius 2 is 1.95 bits per heavy atom. The lowest BCUT2D eigenvalue weighted by Gasteiger charge is -2.35. The van der Waals surface area contributed by atoms with Crippen LogP contribution in [0.5, 0.6) is 0 Å². The zero-order valence-electron chi connectivity index (χ0n) is 12.6. The molecule has 120 valence electrons. The van der Waals surface area contributed by atoms with Gasteiger partial charge in [-0.2, -0.15) is 0 Å². The van der Waals surface area contributed by atoms with Gasteiger partial charge in [0, 0.05) is 37.7 Å². The maximum Gasteiger partial charge on any atom is 0.236 e. The summed E-state index contributed by atoms with van der Waals surface area (Å²) in [5.74, 6) is 0.198. The molecule has 0 spiro atoms. The maximum absolute atomic E-state index is 12.5. The zero-order valence-corrected chi connectivity index (χ0v) is 13.4. The van der Waals surface area contributed by atoms with E-state index in [1.807, 2.05) is 29.2 Å². The summed E-state index contributed by atoms with van der Waals surface area (Å²) in [4.78, 5) is 16.6. The van der Waals surface area contributed by atoms with Crippen LogP contribution in [-0.4, -0.2) is 68.1 Å². The van der Waals surface area contributed by atoms with Crippen LogP contribution in [0.2, 0.25) is 5.02 Å². The molecule has 1 aromatic rings. The standard InChI is InChI=1S/C16H22ClN3O2/c17-14-3-1-13(2-4-14)15-11-20(9-10-22-15)16(21)12-19-7-5-18-6-8-19/h1-4,15,18H,5-12H2/t15-/m0/s1. The molecule has 2 aliphatic heterocycles. The molecule has 0 unspecified atom stereocenters. The molecule has 22 heavy (non-hydrogen) atoms. The number of amides is 1. The molecule has 0 bridgehead atoms. The molecule has 0 radical (unpaired) electrons. The molecule has 6 heteroatoms. The first-order valence-corrected chi connectivity index (χ1v) is 8.18. The molecule has 2 heterocycles. The number of morpholine rings is 1. The summed E-state index contributed by atoms with van der Waals surface area (Å²) in [6.45, 7) is 6.19. The number of rotatable bonds is 3. The van der Waals surface area contributed by atoms with Crippen molar-refractivity contribution in [2.45, 2.75) is 6.10 Å². The lowest BCUT2D eigenvalue weighted by atomic mass is 10.1. The second-order valence-corrected chi connectivity index (χ2v) is 6.21. The molecule has 2 aliphatic rings. The second-order valence-electron chi connectivity index (χ2n) is 5.78. The fourth-order valence-corrected chi connectivity index (χ4v) is 3.04. The third-order valence-electron chi connectivity index (χ3n) is 4.23. The molecule has 1 atom stereocenters. The minimum Gasteiger partial charge on any atom is -0.370 e. The number of nitrogens with one attached hydrogen (secondary N) is 1. The smallest absolute Gasteiger partial charge is 0.236 e. The summed E-state index contributed by atoms with van der Waals surface area (Å²) < 4.78 is 5.81. The Balaban J connectivity index is 1.57. The predicted molar refractivity (Wildman–Crippen MR) is 86.0 cm³/mol. The number of halogens is 1. The fraction of sp³-hybridized carbons (Fsp3) is 0.562. The van der Waals surface area contributed by atoms with E-state index in [1.54, 1.807) is 0 Å². The Kier molecular flexibility index (Phi) is 5.31. The van der Waals surface area contributed by atoms with E-state index in [-0.39, 0.29) is 12.0 Å². The van der Waals surface area contributed by atoms with Gasteiger partial charge in [-0.1, -0.05) is 23.7 Å². The molecule has 2 fully saturated rings. The van der Waals surface area contributed by atoms with Crippen molar-refractivity contribution in [1.29, 1.82) is 0 Å². The van der Waals surface area contributed by atoms with Gasteiger partial charge in [-0.25, -0.2) is 0 Å². The van der Waals surface area contributed by atoms with E-state index in [4.69, 9.17) is 16.3 Å². The fourth-order valence-electron chi connectivity index (χ4n) is 2.92. The van der Waals surface area contributed by atoms with Gasteiger partial charge < -0.3 is 15.0 Å². The van der Waals surface area contributed by atoms with Crippen LogP contribution in [0, 0.1) is 0 Å². The highest BCUT2D eigenvalue weighted by Gasteiger charge is 2.26. The van der Waals surface area contributed by atoms with E-state index in [0.717, 1.165) is 31.7 Å². The molecule has 0 aliphatic carbocycles. The van der Waals surface area contributed by atoms with Crippen LogP contribution in [0.4, 0.5) is 0 Å². The van der Waals surface area contributed by atoms with Gasteiger partial charge in [0.15, 0.2) is 0 Å². The molecule has 3 rings (SSSR count). The van der Waals surface area contributed by atoms with Crippen molar-refractivity contribution >= 4 is 17.5 Å². The number of piperazine rings is 1. The van der Waals surface area contributed by atoms with Gasteiger partial charge in [0.1, 0.15) is 6.10 Å². The highest BCUT2D eigenvalue weighted by molar-refractivity contribution is 6.30. The summed E-state index contributed by atoms with van der Waals surface area (Å²) in [5.41, 5.74) is 1.07. The normalized spacial score (nSPS) is 23.5. The first-order chi connectivity index (χ1) is 10.7. The number of carbonyl (C=O) groups excluding carboxylic acids is 1. The van der Waals surface area contributed by atoms with Crippen molar-refractivity contribution in [1.82, 2.24) is 15.1 Å². The van der Waals surface area contributed by atoms with Crippen molar-refractivity contribution in [3.05, 3.63) is 34.9 Å². The molecule has 0 saturated carbocycles. The second kappa shape index (κ2) is 7.42. The van der Waals surface area contributed by atoms with E-state index in [9.17, 15) is 4.79 Å². The first kappa shape index (κ1) is 15.7. The number of benzene rings is 1. The van der Waals surface area contributed by atoms with Crippen LogP contribution in [-0.2, 0) is 9.53 Å². The molecular formula is C16H22ClN3O2. The highest BCUT2D eigenvalue weighted by Crippen LogP contribution is 2.23. The highest BCUT2D eigenvalue weighted by atomic mass is 35.5. The van der Waals surface area contributed by atoms with Crippen molar-refractivity contribution < 1.29 is 9.53 Å². The Bertz CT molecular complexity index is 503. The molecular weight excluding hydrogens is 302 g/mol. The van der Waals surface area contributed by atoms with Gasteiger partial charge in [-0.15, -0.1) is 0 Å². The third kappa shape index (κ3) is 3.98. The molecule has 1 N–H and O–H groups in total. The Labute approximate surface area is 136 Å². The van der Waals surface area contributed by atoms with Crippen LogP contribution in [0.1, 0.15) is 11.7 Å². The lowest BCUT2D eigenvalue weighted by molar-refractivity contribution is -0.140.